The van der Waals surface area contributed by atoms with Gasteiger partial charge in [0.2, 0.25) is 0 Å². The molecule has 0 aromatic heterocycles. The Bertz CT molecular complexity index is 106. The average molecular weight is 161 g/mol. The number of thiol groups is 1. The topological polar surface area (TPSA) is 29.1 Å². The van der Waals surface area contributed by atoms with E-state index in [0.29, 0.717) is 6.42 Å². The quantitative estimate of drug-likeness (QED) is 0.586. The first kappa shape index (κ1) is 9.98. The van der Waals surface area contributed by atoms with E-state index in [4.69, 9.17) is 0 Å². The molecule has 0 saturated carbocycles. The van der Waals surface area contributed by atoms with Gasteiger partial charge in [-0.1, -0.05) is 0 Å². The van der Waals surface area contributed by atoms with Crippen LogP contribution in [0.25, 0.3) is 0 Å². The van der Waals surface area contributed by atoms with E-state index >= 15 is 0 Å². The molecule has 0 rings (SSSR count). The summed E-state index contributed by atoms with van der Waals surface area (Å²) in [6.07, 6.45) is 1.55. The molecular formula is C7H15NOS. The largest absolute Gasteiger partial charge is 0.320 e. The van der Waals surface area contributed by atoms with Crippen molar-refractivity contribution in [1.82, 2.24) is 5.32 Å². The average Bonchev–Trinajstić information content (AvgIpc) is 1.82. The highest BCUT2D eigenvalue weighted by atomic mass is 32.1. The van der Waals surface area contributed by atoms with E-state index in [-0.39, 0.29) is 11.0 Å². The monoisotopic (exact) mass is 161 g/mol. The molecule has 0 aliphatic carbocycles. The molecule has 0 spiro atoms. The summed E-state index contributed by atoms with van der Waals surface area (Å²) >= 11 is 4.24. The second kappa shape index (κ2) is 5.74. The number of hydrogen-bond donors (Lipinski definition) is 2. The Morgan fingerprint density at radius 3 is 2.70 bits per heavy atom. The van der Waals surface area contributed by atoms with Crippen LogP contribution >= 0.6 is 12.6 Å². The zero-order valence-corrected chi connectivity index (χ0v) is 7.45. The molecule has 0 saturated heterocycles. The molecule has 2 nitrogen and oxygen atoms in total. The van der Waals surface area contributed by atoms with E-state index in [1.807, 2.05) is 7.05 Å². The molecular weight excluding hydrogens is 146 g/mol. The molecule has 0 amide bonds. The lowest BCUT2D eigenvalue weighted by molar-refractivity contribution is -0.116. The van der Waals surface area contributed by atoms with Crippen LogP contribution in [0.15, 0.2) is 0 Å². The number of rotatable bonds is 5. The van der Waals surface area contributed by atoms with Crippen LogP contribution in [0.3, 0.4) is 0 Å². The molecule has 0 aliphatic rings. The number of carbonyl (C=O) groups excluding carboxylic acids is 1. The number of hydrogen-bond acceptors (Lipinski definition) is 3. The summed E-state index contributed by atoms with van der Waals surface area (Å²) in [5.41, 5.74) is 0. The van der Waals surface area contributed by atoms with Gasteiger partial charge < -0.3 is 5.32 Å². The molecule has 0 radical (unpaired) electrons. The van der Waals surface area contributed by atoms with Crippen molar-refractivity contribution in [2.45, 2.75) is 25.0 Å². The van der Waals surface area contributed by atoms with Crippen LogP contribution in [0.1, 0.15) is 19.8 Å². The maximum absolute atomic E-state index is 10.5. The molecule has 3 heteroatoms. The SMILES string of the molecule is CNCCC(S)CC(C)=O. The van der Waals surface area contributed by atoms with Gasteiger partial charge >= 0.3 is 0 Å². The summed E-state index contributed by atoms with van der Waals surface area (Å²) < 4.78 is 0. The van der Waals surface area contributed by atoms with Crippen LogP contribution in [-0.4, -0.2) is 24.6 Å². The first-order valence-corrected chi connectivity index (χ1v) is 4.00. The van der Waals surface area contributed by atoms with E-state index in [9.17, 15) is 4.79 Å². The lowest BCUT2D eigenvalue weighted by Gasteiger charge is -2.06. The van der Waals surface area contributed by atoms with Crippen LogP contribution < -0.4 is 5.32 Å². The fourth-order valence-electron chi connectivity index (χ4n) is 0.745. The Labute approximate surface area is 67.8 Å². The summed E-state index contributed by atoms with van der Waals surface area (Å²) in [4.78, 5) is 10.5. The summed E-state index contributed by atoms with van der Waals surface area (Å²) in [6.45, 7) is 2.53. The van der Waals surface area contributed by atoms with Crippen molar-refractivity contribution in [2.75, 3.05) is 13.6 Å². The third-order valence-corrected chi connectivity index (χ3v) is 1.69. The third-order valence-electron chi connectivity index (χ3n) is 1.25. The van der Waals surface area contributed by atoms with Gasteiger partial charge in [-0.05, 0) is 26.9 Å². The van der Waals surface area contributed by atoms with Gasteiger partial charge in [-0.2, -0.15) is 12.6 Å². The number of ketones is 1. The molecule has 0 aliphatic heterocycles. The van der Waals surface area contributed by atoms with Gasteiger partial charge in [-0.25, -0.2) is 0 Å². The van der Waals surface area contributed by atoms with E-state index in [1.165, 1.54) is 0 Å². The van der Waals surface area contributed by atoms with E-state index in [0.717, 1.165) is 13.0 Å². The third kappa shape index (κ3) is 6.11. The molecule has 1 atom stereocenters. The fourth-order valence-corrected chi connectivity index (χ4v) is 1.13. The highest BCUT2D eigenvalue weighted by molar-refractivity contribution is 7.81. The van der Waals surface area contributed by atoms with Gasteiger partial charge in [0.05, 0.1) is 0 Å². The van der Waals surface area contributed by atoms with Gasteiger partial charge in [0.15, 0.2) is 0 Å². The zero-order chi connectivity index (χ0) is 7.98. The maximum Gasteiger partial charge on any atom is 0.130 e. The van der Waals surface area contributed by atoms with Crippen LogP contribution in [-0.2, 0) is 4.79 Å². The summed E-state index contributed by atoms with van der Waals surface area (Å²) in [7, 11) is 1.90. The van der Waals surface area contributed by atoms with Gasteiger partial charge in [0.1, 0.15) is 5.78 Å². The van der Waals surface area contributed by atoms with Crippen molar-refractivity contribution in [3.8, 4) is 0 Å². The van der Waals surface area contributed by atoms with Crippen LogP contribution in [0, 0.1) is 0 Å². The second-order valence-electron chi connectivity index (χ2n) is 2.45. The zero-order valence-electron chi connectivity index (χ0n) is 6.55. The van der Waals surface area contributed by atoms with E-state index in [2.05, 4.69) is 17.9 Å². The van der Waals surface area contributed by atoms with Gasteiger partial charge in [-0.15, -0.1) is 0 Å². The van der Waals surface area contributed by atoms with Crippen LogP contribution in [0.4, 0.5) is 0 Å². The maximum atomic E-state index is 10.5. The molecule has 0 fully saturated rings. The lowest BCUT2D eigenvalue weighted by atomic mass is 10.2. The number of carbonyl (C=O) groups is 1. The first-order valence-electron chi connectivity index (χ1n) is 3.49. The van der Waals surface area contributed by atoms with E-state index < -0.39 is 0 Å². The standard InChI is InChI=1S/C7H15NOS/c1-6(9)5-7(10)3-4-8-2/h7-8,10H,3-5H2,1-2H3. The van der Waals surface area contributed by atoms with Crippen molar-refractivity contribution in [1.29, 1.82) is 0 Å². The second-order valence-corrected chi connectivity index (χ2v) is 3.18. The van der Waals surface area contributed by atoms with Crippen molar-refractivity contribution < 1.29 is 4.79 Å². The Balaban J connectivity index is 3.25. The van der Waals surface area contributed by atoms with Crippen LogP contribution in [0.2, 0.25) is 0 Å². The Morgan fingerprint density at radius 2 is 2.30 bits per heavy atom. The normalized spacial score (nSPS) is 13.1. The Morgan fingerprint density at radius 1 is 1.70 bits per heavy atom. The lowest BCUT2D eigenvalue weighted by Crippen LogP contribution is -2.15. The predicted octanol–water partition coefficient (Wildman–Crippen LogP) is 0.873. The highest BCUT2D eigenvalue weighted by Crippen LogP contribution is 2.05. The smallest absolute Gasteiger partial charge is 0.130 e. The molecule has 0 aromatic carbocycles. The van der Waals surface area contributed by atoms with Crippen molar-refractivity contribution >= 4 is 18.4 Å². The molecule has 0 bridgehead atoms. The molecule has 60 valence electrons. The van der Waals surface area contributed by atoms with Gasteiger partial charge in [0.25, 0.3) is 0 Å². The van der Waals surface area contributed by atoms with Crippen molar-refractivity contribution in [2.24, 2.45) is 0 Å². The van der Waals surface area contributed by atoms with Gasteiger partial charge in [0, 0.05) is 11.7 Å². The molecule has 1 unspecified atom stereocenters. The van der Waals surface area contributed by atoms with Crippen LogP contribution in [0.5, 0.6) is 0 Å². The minimum Gasteiger partial charge on any atom is -0.320 e. The molecule has 10 heavy (non-hydrogen) atoms. The Hall–Kier alpha value is -0.0200. The molecule has 0 heterocycles. The minimum absolute atomic E-state index is 0.219. The minimum atomic E-state index is 0.219. The summed E-state index contributed by atoms with van der Waals surface area (Å²) in [5, 5.41) is 3.24. The van der Waals surface area contributed by atoms with E-state index in [1.54, 1.807) is 6.92 Å². The summed E-state index contributed by atoms with van der Waals surface area (Å²) in [6, 6.07) is 0. The molecule has 1 N–H and O–H groups in total. The van der Waals surface area contributed by atoms with Crippen molar-refractivity contribution in [3.05, 3.63) is 0 Å². The highest BCUT2D eigenvalue weighted by Gasteiger charge is 2.04. The first-order chi connectivity index (χ1) is 4.66. The number of nitrogens with one attached hydrogen (secondary N) is 1. The Kier molecular flexibility index (Phi) is 5.73. The summed E-state index contributed by atoms with van der Waals surface area (Å²) in [5.74, 6) is 0.219. The van der Waals surface area contributed by atoms with Gasteiger partial charge in [-0.3, -0.25) is 4.79 Å². The number of Topliss-reactive ketones (excluding diaryl/α,β-unsaturated/α-hetero) is 1. The fraction of sp³-hybridized carbons (Fsp3) is 0.857. The van der Waals surface area contributed by atoms with Crippen molar-refractivity contribution in [3.63, 3.8) is 0 Å². The molecule has 0 aromatic rings. The predicted molar refractivity (Wildman–Crippen MR) is 46.6 cm³/mol.